The van der Waals surface area contributed by atoms with E-state index < -0.39 is 36.0 Å². The molecule has 174 valence electrons. The van der Waals surface area contributed by atoms with E-state index in [1.807, 2.05) is 6.92 Å². The standard InChI is InChI=1S/C26H23NO7/c1-2-17-11-9-10-16-20(17)27-23(28)21(33-25(31)18-12-5-3-6-13-18)22(24(29)30)34-26(32)19-14-7-4-8-15-19/h3-16,21-22H,2H2,1H3,(H,27,28)(H,29,30)/p-1/t21-,22-/m1/s1. The van der Waals surface area contributed by atoms with Crippen LogP contribution in [0.4, 0.5) is 5.69 Å². The van der Waals surface area contributed by atoms with E-state index >= 15 is 0 Å². The second kappa shape index (κ2) is 11.4. The number of esters is 2. The molecule has 8 nitrogen and oxygen atoms in total. The molecule has 3 aromatic carbocycles. The van der Waals surface area contributed by atoms with E-state index in [0.717, 1.165) is 5.56 Å². The SMILES string of the molecule is CCc1ccccc1NC(=O)[C@H](OC(=O)c1ccccc1)[C@@H](OC(=O)c1ccccc1)C(=O)[O-]. The largest absolute Gasteiger partial charge is 0.546 e. The molecule has 0 heterocycles. The number of amides is 1. The Labute approximate surface area is 196 Å². The second-order valence-electron chi connectivity index (χ2n) is 7.20. The molecule has 0 saturated carbocycles. The molecule has 34 heavy (non-hydrogen) atoms. The number of anilines is 1. The van der Waals surface area contributed by atoms with E-state index in [-0.39, 0.29) is 11.1 Å². The van der Waals surface area contributed by atoms with Gasteiger partial charge in [0.1, 0.15) is 0 Å². The Kier molecular flexibility index (Phi) is 8.12. The van der Waals surface area contributed by atoms with Gasteiger partial charge in [0, 0.05) is 5.69 Å². The molecule has 2 atom stereocenters. The lowest BCUT2D eigenvalue weighted by atomic mass is 10.1. The highest BCUT2D eigenvalue weighted by molar-refractivity contribution is 6.01. The van der Waals surface area contributed by atoms with Crippen molar-refractivity contribution in [2.45, 2.75) is 25.6 Å². The third kappa shape index (κ3) is 6.07. The van der Waals surface area contributed by atoms with Gasteiger partial charge in [-0.15, -0.1) is 0 Å². The minimum absolute atomic E-state index is 0.0543. The van der Waals surface area contributed by atoms with E-state index in [1.165, 1.54) is 24.3 Å². The summed E-state index contributed by atoms with van der Waals surface area (Å²) < 4.78 is 10.3. The molecule has 1 N–H and O–H groups in total. The molecule has 3 aromatic rings. The minimum Gasteiger partial charge on any atom is -0.546 e. The molecule has 8 heteroatoms. The normalized spacial score (nSPS) is 12.1. The lowest BCUT2D eigenvalue weighted by molar-refractivity contribution is -0.317. The number of carboxylic acid groups (broad SMARTS) is 1. The van der Waals surface area contributed by atoms with E-state index in [0.29, 0.717) is 12.1 Å². The predicted octanol–water partition coefficient (Wildman–Crippen LogP) is 2.39. The maximum Gasteiger partial charge on any atom is 0.339 e. The topological polar surface area (TPSA) is 122 Å². The zero-order chi connectivity index (χ0) is 24.5. The van der Waals surface area contributed by atoms with Crippen LogP contribution in [0, 0.1) is 0 Å². The van der Waals surface area contributed by atoms with Crippen LogP contribution in [-0.2, 0) is 25.5 Å². The van der Waals surface area contributed by atoms with Crippen LogP contribution in [0.2, 0.25) is 0 Å². The van der Waals surface area contributed by atoms with Crippen molar-refractivity contribution in [2.24, 2.45) is 0 Å². The summed E-state index contributed by atoms with van der Waals surface area (Å²) in [5.41, 5.74) is 1.32. The molecule has 0 aliphatic heterocycles. The van der Waals surface area contributed by atoms with E-state index in [2.05, 4.69) is 5.32 Å². The number of hydrogen-bond donors (Lipinski definition) is 1. The Morgan fingerprint density at radius 1 is 0.735 bits per heavy atom. The Balaban J connectivity index is 1.92. The van der Waals surface area contributed by atoms with Gasteiger partial charge in [0.05, 0.1) is 17.1 Å². The van der Waals surface area contributed by atoms with Crippen molar-refractivity contribution < 1.29 is 33.8 Å². The fourth-order valence-corrected chi connectivity index (χ4v) is 3.16. The molecule has 0 fully saturated rings. The number of nitrogens with one attached hydrogen (secondary N) is 1. The smallest absolute Gasteiger partial charge is 0.339 e. The van der Waals surface area contributed by atoms with E-state index in [1.54, 1.807) is 60.7 Å². The van der Waals surface area contributed by atoms with Gasteiger partial charge in [-0.2, -0.15) is 0 Å². The van der Waals surface area contributed by atoms with Gasteiger partial charge < -0.3 is 24.7 Å². The zero-order valence-electron chi connectivity index (χ0n) is 18.3. The quantitative estimate of drug-likeness (QED) is 0.487. The Morgan fingerprint density at radius 2 is 1.21 bits per heavy atom. The molecule has 0 bridgehead atoms. The highest BCUT2D eigenvalue weighted by atomic mass is 16.6. The first-order valence-corrected chi connectivity index (χ1v) is 10.5. The predicted molar refractivity (Wildman–Crippen MR) is 121 cm³/mol. The van der Waals surface area contributed by atoms with Crippen LogP contribution in [0.25, 0.3) is 0 Å². The molecule has 0 aromatic heterocycles. The second-order valence-corrected chi connectivity index (χ2v) is 7.20. The molecule has 0 radical (unpaired) electrons. The van der Waals surface area contributed by atoms with Crippen LogP contribution >= 0.6 is 0 Å². The van der Waals surface area contributed by atoms with Crippen LogP contribution in [0.5, 0.6) is 0 Å². The van der Waals surface area contributed by atoms with Crippen molar-refractivity contribution in [3.8, 4) is 0 Å². The van der Waals surface area contributed by atoms with Gasteiger partial charge >= 0.3 is 11.9 Å². The summed E-state index contributed by atoms with van der Waals surface area (Å²) in [5.74, 6) is -4.86. The molecule has 0 unspecified atom stereocenters. The average molecular weight is 460 g/mol. The first-order chi connectivity index (χ1) is 16.4. The first-order valence-electron chi connectivity index (χ1n) is 10.5. The number of ether oxygens (including phenoxy) is 2. The summed E-state index contributed by atoms with van der Waals surface area (Å²) >= 11 is 0. The van der Waals surface area contributed by atoms with Gasteiger partial charge in [-0.25, -0.2) is 9.59 Å². The number of carbonyl (C=O) groups excluding carboxylic acids is 4. The summed E-state index contributed by atoms with van der Waals surface area (Å²) in [4.78, 5) is 50.3. The molecular weight excluding hydrogens is 438 g/mol. The van der Waals surface area contributed by atoms with E-state index in [4.69, 9.17) is 9.47 Å². The van der Waals surface area contributed by atoms with Gasteiger partial charge in [0.2, 0.25) is 6.10 Å². The van der Waals surface area contributed by atoms with Crippen LogP contribution < -0.4 is 10.4 Å². The zero-order valence-corrected chi connectivity index (χ0v) is 18.3. The molecular formula is C26H22NO7-. The van der Waals surface area contributed by atoms with Crippen LogP contribution in [0.3, 0.4) is 0 Å². The lowest BCUT2D eigenvalue weighted by Gasteiger charge is -2.27. The summed E-state index contributed by atoms with van der Waals surface area (Å²) in [6.07, 6.45) is -3.64. The number of aryl methyl sites for hydroxylation is 1. The first kappa shape index (κ1) is 24.2. The Morgan fingerprint density at radius 3 is 1.71 bits per heavy atom. The van der Waals surface area contributed by atoms with Crippen molar-refractivity contribution >= 4 is 29.5 Å². The van der Waals surface area contributed by atoms with Crippen molar-refractivity contribution in [2.75, 3.05) is 5.32 Å². The third-order valence-electron chi connectivity index (χ3n) is 4.91. The number of carbonyl (C=O) groups is 4. The van der Waals surface area contributed by atoms with Crippen molar-refractivity contribution in [1.29, 1.82) is 0 Å². The minimum atomic E-state index is -2.20. The number of benzene rings is 3. The summed E-state index contributed by atoms with van der Waals surface area (Å²) in [7, 11) is 0. The van der Waals surface area contributed by atoms with Crippen molar-refractivity contribution in [3.05, 3.63) is 102 Å². The fourth-order valence-electron chi connectivity index (χ4n) is 3.16. The highest BCUT2D eigenvalue weighted by Crippen LogP contribution is 2.19. The van der Waals surface area contributed by atoms with Gasteiger partial charge in [0.15, 0.2) is 6.10 Å². The van der Waals surface area contributed by atoms with Gasteiger partial charge in [-0.1, -0.05) is 61.5 Å². The van der Waals surface area contributed by atoms with Crippen molar-refractivity contribution in [3.63, 3.8) is 0 Å². The van der Waals surface area contributed by atoms with Gasteiger partial charge in [0.25, 0.3) is 5.91 Å². The summed E-state index contributed by atoms with van der Waals surface area (Å²) in [6, 6.07) is 22.2. The average Bonchev–Trinajstić information content (AvgIpc) is 2.87. The van der Waals surface area contributed by atoms with Crippen LogP contribution in [-0.4, -0.2) is 36.0 Å². The van der Waals surface area contributed by atoms with E-state index in [9.17, 15) is 24.3 Å². The maximum atomic E-state index is 13.1. The molecule has 0 spiro atoms. The number of rotatable bonds is 9. The maximum absolute atomic E-state index is 13.1. The number of para-hydroxylation sites is 1. The fraction of sp³-hybridized carbons (Fsp3) is 0.154. The number of carboxylic acids is 1. The summed E-state index contributed by atoms with van der Waals surface area (Å²) in [5, 5.41) is 14.5. The lowest BCUT2D eigenvalue weighted by Crippen LogP contribution is -2.52. The Hall–Kier alpha value is -4.46. The third-order valence-corrected chi connectivity index (χ3v) is 4.91. The van der Waals surface area contributed by atoms with Gasteiger partial charge in [-0.05, 0) is 42.3 Å². The highest BCUT2D eigenvalue weighted by Gasteiger charge is 2.37. The number of aliphatic carboxylic acids is 1. The Bertz CT molecular complexity index is 1160. The number of hydrogen-bond acceptors (Lipinski definition) is 7. The molecule has 1 amide bonds. The van der Waals surface area contributed by atoms with Gasteiger partial charge in [-0.3, -0.25) is 4.79 Å². The summed E-state index contributed by atoms with van der Waals surface area (Å²) in [6.45, 7) is 1.88. The van der Waals surface area contributed by atoms with Crippen molar-refractivity contribution in [1.82, 2.24) is 0 Å². The van der Waals surface area contributed by atoms with Crippen LogP contribution in [0.1, 0.15) is 33.2 Å². The molecule has 0 saturated heterocycles. The van der Waals surface area contributed by atoms with Crippen LogP contribution in [0.15, 0.2) is 84.9 Å². The monoisotopic (exact) mass is 460 g/mol. The molecule has 3 rings (SSSR count). The molecule has 0 aliphatic carbocycles. The molecule has 0 aliphatic rings.